The summed E-state index contributed by atoms with van der Waals surface area (Å²) in [4.78, 5) is 0. The van der Waals surface area contributed by atoms with Gasteiger partial charge in [-0.25, -0.2) is 0 Å². The van der Waals surface area contributed by atoms with Crippen molar-refractivity contribution in [2.45, 2.75) is 57.5 Å². The zero-order chi connectivity index (χ0) is 9.35. The topological polar surface area (TPSA) is 49.7 Å². The number of hydrogen-bond acceptors (Lipinski definition) is 3. The summed E-state index contributed by atoms with van der Waals surface area (Å²) in [5.41, 5.74) is -0.988. The number of aliphatic hydroxyl groups excluding tert-OH is 1. The number of hydrogen-bond donors (Lipinski definition) is 2. The van der Waals surface area contributed by atoms with Crippen molar-refractivity contribution in [1.82, 2.24) is 0 Å². The second kappa shape index (κ2) is 3.32. The van der Waals surface area contributed by atoms with Gasteiger partial charge in [0, 0.05) is 6.42 Å². The number of ether oxygens (including phenoxy) is 1. The van der Waals surface area contributed by atoms with Gasteiger partial charge < -0.3 is 14.9 Å². The Bertz CT molecular complexity index is 156. The highest BCUT2D eigenvalue weighted by molar-refractivity contribution is 4.92. The summed E-state index contributed by atoms with van der Waals surface area (Å²) in [5.74, 6) is 0. The molecule has 0 aromatic rings. The van der Waals surface area contributed by atoms with Crippen LogP contribution < -0.4 is 0 Å². The maximum atomic E-state index is 9.78. The maximum absolute atomic E-state index is 9.78. The van der Waals surface area contributed by atoms with Gasteiger partial charge in [-0.05, 0) is 20.3 Å². The van der Waals surface area contributed by atoms with Crippen molar-refractivity contribution in [3.63, 3.8) is 0 Å². The van der Waals surface area contributed by atoms with Crippen LogP contribution in [0.15, 0.2) is 0 Å². The third kappa shape index (κ3) is 1.79. The van der Waals surface area contributed by atoms with E-state index in [0.717, 1.165) is 6.42 Å². The Morgan fingerprint density at radius 1 is 1.58 bits per heavy atom. The van der Waals surface area contributed by atoms with Crippen molar-refractivity contribution in [2.24, 2.45) is 0 Å². The summed E-state index contributed by atoms with van der Waals surface area (Å²) in [6, 6.07) is 0. The van der Waals surface area contributed by atoms with Gasteiger partial charge in [0.2, 0.25) is 0 Å². The van der Waals surface area contributed by atoms with E-state index in [1.807, 2.05) is 13.8 Å². The zero-order valence-corrected chi connectivity index (χ0v) is 7.95. The first kappa shape index (κ1) is 9.96. The number of aliphatic hydroxyl groups is 2. The van der Waals surface area contributed by atoms with Crippen LogP contribution in [0.5, 0.6) is 0 Å². The summed E-state index contributed by atoms with van der Waals surface area (Å²) < 4.78 is 5.47. The smallest absolute Gasteiger partial charge is 0.109 e. The molecule has 0 spiro atoms. The van der Waals surface area contributed by atoms with Crippen LogP contribution in [-0.4, -0.2) is 34.1 Å². The molecule has 3 heteroatoms. The Hall–Kier alpha value is -0.120. The van der Waals surface area contributed by atoms with Gasteiger partial charge in [-0.15, -0.1) is 0 Å². The van der Waals surface area contributed by atoms with E-state index in [1.165, 1.54) is 0 Å². The average molecular weight is 174 g/mol. The Balaban J connectivity index is 2.68. The lowest BCUT2D eigenvalue weighted by molar-refractivity contribution is -0.205. The van der Waals surface area contributed by atoms with Crippen LogP contribution >= 0.6 is 0 Å². The lowest BCUT2D eigenvalue weighted by Gasteiger charge is -2.42. The van der Waals surface area contributed by atoms with E-state index in [4.69, 9.17) is 4.74 Å². The second-order valence-electron chi connectivity index (χ2n) is 3.90. The minimum Gasteiger partial charge on any atom is -0.387 e. The standard InChI is InChI=1S/C9H18O3/c1-4-7-8(10)9(3,11)5-6(2)12-7/h6-8,10-11H,4-5H2,1-3H3/t6?,7-,8-,9+/m1/s1. The summed E-state index contributed by atoms with van der Waals surface area (Å²) in [7, 11) is 0. The molecule has 12 heavy (non-hydrogen) atoms. The molecule has 72 valence electrons. The van der Waals surface area contributed by atoms with Crippen molar-refractivity contribution < 1.29 is 14.9 Å². The van der Waals surface area contributed by atoms with Gasteiger partial charge in [0.05, 0.1) is 17.8 Å². The first-order chi connectivity index (χ1) is 5.47. The van der Waals surface area contributed by atoms with Crippen LogP contribution in [0.25, 0.3) is 0 Å². The first-order valence-electron chi connectivity index (χ1n) is 4.53. The van der Waals surface area contributed by atoms with Gasteiger partial charge in [0.1, 0.15) is 6.10 Å². The molecule has 0 aromatic carbocycles. The highest BCUT2D eigenvalue weighted by Crippen LogP contribution is 2.29. The first-order valence-corrected chi connectivity index (χ1v) is 4.53. The fourth-order valence-corrected chi connectivity index (χ4v) is 1.84. The normalized spacial score (nSPS) is 49.2. The molecule has 1 fully saturated rings. The third-order valence-corrected chi connectivity index (χ3v) is 2.50. The molecule has 1 unspecified atom stereocenters. The third-order valence-electron chi connectivity index (χ3n) is 2.50. The summed E-state index contributed by atoms with van der Waals surface area (Å²) in [6.45, 7) is 5.53. The molecule has 1 heterocycles. The molecule has 2 N–H and O–H groups in total. The number of rotatable bonds is 1. The minimum absolute atomic E-state index is 0.0355. The molecule has 1 aliphatic rings. The van der Waals surface area contributed by atoms with E-state index in [9.17, 15) is 10.2 Å². The van der Waals surface area contributed by atoms with E-state index in [2.05, 4.69) is 0 Å². The molecule has 3 nitrogen and oxygen atoms in total. The average Bonchev–Trinajstić information content (AvgIpc) is 1.96. The van der Waals surface area contributed by atoms with Gasteiger partial charge in [-0.2, -0.15) is 0 Å². The maximum Gasteiger partial charge on any atom is 0.109 e. The minimum atomic E-state index is -0.988. The van der Waals surface area contributed by atoms with Gasteiger partial charge in [-0.3, -0.25) is 0 Å². The Morgan fingerprint density at radius 3 is 2.67 bits per heavy atom. The largest absolute Gasteiger partial charge is 0.387 e. The monoisotopic (exact) mass is 174 g/mol. The zero-order valence-electron chi connectivity index (χ0n) is 7.95. The Morgan fingerprint density at radius 2 is 2.17 bits per heavy atom. The van der Waals surface area contributed by atoms with E-state index in [1.54, 1.807) is 6.92 Å². The molecule has 0 amide bonds. The van der Waals surface area contributed by atoms with Crippen LogP contribution in [0.2, 0.25) is 0 Å². The summed E-state index contributed by atoms with van der Waals surface area (Å²) in [6.07, 6.45) is 0.308. The Kier molecular flexibility index (Phi) is 2.76. The van der Waals surface area contributed by atoms with Crippen molar-refractivity contribution in [2.75, 3.05) is 0 Å². The lowest BCUT2D eigenvalue weighted by Crippen LogP contribution is -2.54. The molecule has 4 atom stereocenters. The van der Waals surface area contributed by atoms with Crippen LogP contribution in [0.4, 0.5) is 0 Å². The SMILES string of the molecule is CC[C@H]1OC(C)C[C@](C)(O)[C@@H]1O. The molecule has 0 aliphatic carbocycles. The van der Waals surface area contributed by atoms with E-state index in [-0.39, 0.29) is 12.2 Å². The lowest BCUT2D eigenvalue weighted by atomic mass is 9.85. The van der Waals surface area contributed by atoms with Gasteiger partial charge in [-0.1, -0.05) is 6.92 Å². The van der Waals surface area contributed by atoms with Gasteiger partial charge in [0.25, 0.3) is 0 Å². The molecule has 1 aliphatic heterocycles. The summed E-state index contributed by atoms with van der Waals surface area (Å²) >= 11 is 0. The van der Waals surface area contributed by atoms with E-state index < -0.39 is 11.7 Å². The Labute approximate surface area is 73.4 Å². The highest BCUT2D eigenvalue weighted by Gasteiger charge is 2.42. The predicted octanol–water partition coefficient (Wildman–Crippen LogP) is 0.686. The van der Waals surface area contributed by atoms with E-state index in [0.29, 0.717) is 6.42 Å². The van der Waals surface area contributed by atoms with Crippen molar-refractivity contribution in [3.05, 3.63) is 0 Å². The molecule has 0 aromatic heterocycles. The molecule has 0 saturated carbocycles. The molecular formula is C9H18O3. The predicted molar refractivity (Wildman–Crippen MR) is 45.9 cm³/mol. The second-order valence-corrected chi connectivity index (χ2v) is 3.90. The van der Waals surface area contributed by atoms with Crippen LogP contribution in [0.1, 0.15) is 33.6 Å². The fourth-order valence-electron chi connectivity index (χ4n) is 1.84. The molecular weight excluding hydrogens is 156 g/mol. The highest BCUT2D eigenvalue weighted by atomic mass is 16.5. The molecule has 1 saturated heterocycles. The quantitative estimate of drug-likeness (QED) is 0.614. The van der Waals surface area contributed by atoms with Crippen LogP contribution in [0, 0.1) is 0 Å². The van der Waals surface area contributed by atoms with Crippen LogP contribution in [-0.2, 0) is 4.74 Å². The molecule has 0 bridgehead atoms. The van der Waals surface area contributed by atoms with Crippen LogP contribution in [0.3, 0.4) is 0 Å². The fraction of sp³-hybridized carbons (Fsp3) is 1.00. The van der Waals surface area contributed by atoms with E-state index >= 15 is 0 Å². The van der Waals surface area contributed by atoms with Crippen molar-refractivity contribution >= 4 is 0 Å². The van der Waals surface area contributed by atoms with Gasteiger partial charge >= 0.3 is 0 Å². The van der Waals surface area contributed by atoms with Crippen molar-refractivity contribution in [3.8, 4) is 0 Å². The van der Waals surface area contributed by atoms with Crippen molar-refractivity contribution in [1.29, 1.82) is 0 Å². The molecule has 0 radical (unpaired) electrons. The molecule has 1 rings (SSSR count). The summed E-state index contributed by atoms with van der Waals surface area (Å²) in [5, 5.41) is 19.4. The van der Waals surface area contributed by atoms with Gasteiger partial charge in [0.15, 0.2) is 0 Å².